The third-order valence-corrected chi connectivity index (χ3v) is 6.86. The Morgan fingerprint density at radius 3 is 2.11 bits per heavy atom. The molecule has 0 aliphatic rings. The van der Waals surface area contributed by atoms with Gasteiger partial charge >= 0.3 is 10.1 Å². The molecule has 1 aromatic carbocycles. The zero-order valence-electron chi connectivity index (χ0n) is 12.2. The van der Waals surface area contributed by atoms with Crippen molar-refractivity contribution in [3.8, 4) is 5.75 Å². The van der Waals surface area contributed by atoms with E-state index in [1.54, 1.807) is 32.9 Å². The van der Waals surface area contributed by atoms with Crippen LogP contribution in [-0.4, -0.2) is 21.2 Å². The summed E-state index contributed by atoms with van der Waals surface area (Å²) in [6.45, 7) is 11.2. The molecule has 0 fully saturated rings. The van der Waals surface area contributed by atoms with E-state index in [2.05, 4.69) is 19.6 Å². The second-order valence-electron chi connectivity index (χ2n) is 6.54. The third kappa shape index (κ3) is 3.97. The van der Waals surface area contributed by atoms with Gasteiger partial charge in [-0.2, -0.15) is 8.42 Å². The van der Waals surface area contributed by atoms with Crippen LogP contribution in [0, 0.1) is 0 Å². The highest BCUT2D eigenvalue weighted by molar-refractivity contribution is 7.88. The summed E-state index contributed by atoms with van der Waals surface area (Å²) in [6.07, 6.45) is 0. The molecule has 6 heteroatoms. The molecule has 0 atom stereocenters. The Labute approximate surface area is 122 Å². The highest BCUT2D eigenvalue weighted by Gasteiger charge is 2.33. The summed E-state index contributed by atoms with van der Waals surface area (Å²) in [5.74, 6) is 0.363. The monoisotopic (exact) mass is 320 g/mol. The van der Waals surface area contributed by atoms with E-state index in [1.165, 1.54) is 0 Å². The molecule has 0 saturated carbocycles. The van der Waals surface area contributed by atoms with Gasteiger partial charge in [0.25, 0.3) is 0 Å². The minimum absolute atomic E-state index is 0.363. The molecule has 0 aliphatic heterocycles. The van der Waals surface area contributed by atoms with Crippen LogP contribution in [0.4, 0.5) is 0 Å². The van der Waals surface area contributed by atoms with E-state index < -0.39 is 22.9 Å². The average molecular weight is 321 g/mol. The van der Waals surface area contributed by atoms with Gasteiger partial charge in [0.15, 0.2) is 0 Å². The second kappa shape index (κ2) is 5.11. The van der Waals surface area contributed by atoms with Gasteiger partial charge < -0.3 is 4.18 Å². The van der Waals surface area contributed by atoms with E-state index in [0.717, 1.165) is 5.19 Å². The summed E-state index contributed by atoms with van der Waals surface area (Å²) in [5.41, 5.74) is 0. The van der Waals surface area contributed by atoms with Crippen LogP contribution in [0.1, 0.15) is 20.8 Å². The van der Waals surface area contributed by atoms with Crippen LogP contribution in [0.5, 0.6) is 5.75 Å². The zero-order valence-corrected chi connectivity index (χ0v) is 14.8. The molecule has 19 heavy (non-hydrogen) atoms. The largest absolute Gasteiger partial charge is 0.382 e. The first kappa shape index (κ1) is 16.5. The third-order valence-electron chi connectivity index (χ3n) is 2.70. The van der Waals surface area contributed by atoms with Gasteiger partial charge in [-0.1, -0.05) is 37.3 Å². The predicted octanol–water partition coefficient (Wildman–Crippen LogP) is 3.39. The van der Waals surface area contributed by atoms with Gasteiger partial charge in [0.05, 0.1) is 12.8 Å². The second-order valence-corrected chi connectivity index (χ2v) is 14.3. The van der Waals surface area contributed by atoms with E-state index in [9.17, 15) is 8.42 Å². The van der Waals surface area contributed by atoms with Crippen LogP contribution in [0.3, 0.4) is 0 Å². The highest BCUT2D eigenvalue weighted by Crippen LogP contribution is 2.25. The first-order valence-corrected chi connectivity index (χ1v) is 11.4. The van der Waals surface area contributed by atoms with Crippen LogP contribution in [-0.2, 0) is 10.1 Å². The maximum atomic E-state index is 12.2. The van der Waals surface area contributed by atoms with Crippen molar-refractivity contribution in [1.29, 1.82) is 0 Å². The lowest BCUT2D eigenvalue weighted by Crippen LogP contribution is -2.41. The Morgan fingerprint density at radius 1 is 1.16 bits per heavy atom. The molecule has 0 amide bonds. The topological polar surface area (TPSA) is 43.4 Å². The van der Waals surface area contributed by atoms with Crippen molar-refractivity contribution in [2.75, 3.05) is 0 Å². The van der Waals surface area contributed by atoms with Crippen LogP contribution in [0.25, 0.3) is 0 Å². The van der Waals surface area contributed by atoms with E-state index >= 15 is 0 Å². The lowest BCUT2D eigenvalue weighted by Gasteiger charge is -2.24. The van der Waals surface area contributed by atoms with E-state index in [-0.39, 0.29) is 0 Å². The molecular weight excluding hydrogens is 300 g/mol. The standard InChI is InChI=1S/C13H21ClO3SSi/c1-13(2,3)18(15,16)17-11-9-10(14)7-8-12(11)19(4,5)6/h7-9H,1-6H3. The highest BCUT2D eigenvalue weighted by atomic mass is 35.5. The molecule has 1 aromatic rings. The molecule has 3 nitrogen and oxygen atoms in total. The minimum Gasteiger partial charge on any atom is -0.382 e. The van der Waals surface area contributed by atoms with Crippen molar-refractivity contribution in [2.45, 2.75) is 45.2 Å². The minimum atomic E-state index is -3.69. The van der Waals surface area contributed by atoms with Gasteiger partial charge in [-0.25, -0.2) is 0 Å². The zero-order chi connectivity index (χ0) is 15.1. The molecule has 0 aromatic heterocycles. The molecule has 108 valence electrons. The SMILES string of the molecule is CC(C)(C)S(=O)(=O)Oc1cc(Cl)ccc1[Si](C)(C)C. The van der Waals surface area contributed by atoms with Gasteiger partial charge in [-0.05, 0) is 32.0 Å². The molecule has 0 spiro atoms. The molecule has 0 aliphatic carbocycles. The normalized spacial score (nSPS) is 13.4. The fourth-order valence-corrected chi connectivity index (χ4v) is 3.73. The number of hydrogen-bond acceptors (Lipinski definition) is 3. The molecule has 0 saturated heterocycles. The molecule has 0 N–H and O–H groups in total. The number of hydrogen-bond donors (Lipinski definition) is 0. The lowest BCUT2D eigenvalue weighted by molar-refractivity contribution is 0.455. The molecular formula is C13H21ClO3SSi. The van der Waals surface area contributed by atoms with Crippen LogP contribution >= 0.6 is 11.6 Å². The van der Waals surface area contributed by atoms with Crippen molar-refractivity contribution >= 4 is 35.0 Å². The first-order valence-electron chi connectivity index (χ1n) is 6.09. The Bertz CT molecular complexity index is 569. The Balaban J connectivity index is 3.33. The Hall–Kier alpha value is -0.523. The molecule has 0 unspecified atom stereocenters. The van der Waals surface area contributed by atoms with Crippen molar-refractivity contribution in [2.24, 2.45) is 0 Å². The number of halogens is 1. The molecule has 0 heterocycles. The van der Waals surface area contributed by atoms with Gasteiger partial charge in [0, 0.05) is 11.1 Å². The summed E-state index contributed by atoms with van der Waals surface area (Å²) in [6, 6.07) is 5.21. The molecule has 0 radical (unpaired) electrons. The smallest absolute Gasteiger partial charge is 0.314 e. The number of benzene rings is 1. The van der Waals surface area contributed by atoms with Crippen LogP contribution in [0.2, 0.25) is 24.7 Å². The van der Waals surface area contributed by atoms with E-state index in [0.29, 0.717) is 10.8 Å². The summed E-state index contributed by atoms with van der Waals surface area (Å²) in [4.78, 5) is 0. The molecule has 0 bridgehead atoms. The summed E-state index contributed by atoms with van der Waals surface area (Å²) in [5, 5.41) is 1.42. The van der Waals surface area contributed by atoms with Crippen LogP contribution < -0.4 is 9.37 Å². The summed E-state index contributed by atoms with van der Waals surface area (Å²) in [7, 11) is -5.39. The van der Waals surface area contributed by atoms with E-state index in [1.807, 2.05) is 6.07 Å². The predicted molar refractivity (Wildman–Crippen MR) is 83.7 cm³/mol. The maximum absolute atomic E-state index is 12.2. The fourth-order valence-electron chi connectivity index (χ4n) is 1.43. The van der Waals surface area contributed by atoms with E-state index in [4.69, 9.17) is 15.8 Å². The van der Waals surface area contributed by atoms with Gasteiger partial charge in [0.2, 0.25) is 0 Å². The van der Waals surface area contributed by atoms with Gasteiger partial charge in [-0.15, -0.1) is 0 Å². The first-order chi connectivity index (χ1) is 8.34. The Morgan fingerprint density at radius 2 is 1.68 bits per heavy atom. The average Bonchev–Trinajstić information content (AvgIpc) is 2.12. The van der Waals surface area contributed by atoms with Crippen LogP contribution in [0.15, 0.2) is 18.2 Å². The van der Waals surface area contributed by atoms with Gasteiger partial charge in [-0.3, -0.25) is 0 Å². The summed E-state index contributed by atoms with van der Waals surface area (Å²) >= 11 is 5.95. The van der Waals surface area contributed by atoms with Crippen molar-refractivity contribution in [3.05, 3.63) is 23.2 Å². The quantitative estimate of drug-likeness (QED) is 0.633. The summed E-state index contributed by atoms with van der Waals surface area (Å²) < 4.78 is 28.7. The fraction of sp³-hybridized carbons (Fsp3) is 0.538. The maximum Gasteiger partial charge on any atom is 0.314 e. The Kier molecular flexibility index (Phi) is 4.44. The lowest BCUT2D eigenvalue weighted by atomic mass is 10.3. The van der Waals surface area contributed by atoms with Gasteiger partial charge in [0.1, 0.15) is 5.75 Å². The van der Waals surface area contributed by atoms with Crippen molar-refractivity contribution in [1.82, 2.24) is 0 Å². The van der Waals surface area contributed by atoms with Crippen molar-refractivity contribution < 1.29 is 12.6 Å². The number of rotatable bonds is 3. The van der Waals surface area contributed by atoms with Crippen molar-refractivity contribution in [3.63, 3.8) is 0 Å². The molecule has 1 rings (SSSR count).